The highest BCUT2D eigenvalue weighted by atomic mass is 35.5. The van der Waals surface area contributed by atoms with E-state index in [0.29, 0.717) is 0 Å². The van der Waals surface area contributed by atoms with Gasteiger partial charge in [-0.2, -0.15) is 0 Å². The van der Waals surface area contributed by atoms with Gasteiger partial charge in [-0.1, -0.05) is 30.7 Å². The number of nitrogens with one attached hydrogen (secondary N) is 1. The molecule has 6 heteroatoms. The summed E-state index contributed by atoms with van der Waals surface area (Å²) in [7, 11) is 0. The first-order chi connectivity index (χ1) is 13.6. The van der Waals surface area contributed by atoms with E-state index < -0.39 is 0 Å². The van der Waals surface area contributed by atoms with Crippen molar-refractivity contribution in [1.29, 1.82) is 0 Å². The van der Waals surface area contributed by atoms with E-state index in [0.717, 1.165) is 61.8 Å². The summed E-state index contributed by atoms with van der Waals surface area (Å²) in [5, 5.41) is 13.9. The largest absolute Gasteiger partial charge is 0.393 e. The molecule has 3 aromatic rings. The number of aryl methyl sites for hydroxylation is 1. The molecule has 4 rings (SSSR count). The van der Waals surface area contributed by atoms with Gasteiger partial charge in [-0.15, -0.1) is 0 Å². The second-order valence-corrected chi connectivity index (χ2v) is 7.86. The minimum absolute atomic E-state index is 0.137. The van der Waals surface area contributed by atoms with Gasteiger partial charge >= 0.3 is 0 Å². The molecule has 2 aromatic heterocycles. The third-order valence-corrected chi connectivity index (χ3v) is 5.71. The van der Waals surface area contributed by atoms with Crippen LogP contribution in [0.3, 0.4) is 0 Å². The SMILES string of the molecule is CCc1nc2ccc(Cl)cn2c1CNCc1ccc(N2CCC(O)CC2)cc1. The van der Waals surface area contributed by atoms with E-state index in [4.69, 9.17) is 16.6 Å². The van der Waals surface area contributed by atoms with Crippen LogP contribution in [-0.2, 0) is 19.5 Å². The van der Waals surface area contributed by atoms with Crippen LogP contribution in [0.5, 0.6) is 0 Å². The molecule has 1 aliphatic heterocycles. The van der Waals surface area contributed by atoms with Gasteiger partial charge in [-0.05, 0) is 49.1 Å². The summed E-state index contributed by atoms with van der Waals surface area (Å²) >= 11 is 6.17. The lowest BCUT2D eigenvalue weighted by atomic mass is 10.1. The van der Waals surface area contributed by atoms with Crippen LogP contribution in [-0.4, -0.2) is 33.7 Å². The minimum atomic E-state index is -0.137. The van der Waals surface area contributed by atoms with E-state index in [1.807, 2.05) is 18.3 Å². The van der Waals surface area contributed by atoms with Gasteiger partial charge in [0, 0.05) is 38.1 Å². The number of nitrogens with zero attached hydrogens (tertiary/aromatic N) is 3. The van der Waals surface area contributed by atoms with Gasteiger partial charge in [-0.3, -0.25) is 0 Å². The molecule has 1 saturated heterocycles. The van der Waals surface area contributed by atoms with Crippen molar-refractivity contribution in [2.75, 3.05) is 18.0 Å². The molecular weight excluding hydrogens is 372 g/mol. The van der Waals surface area contributed by atoms with Crippen LogP contribution < -0.4 is 10.2 Å². The first-order valence-corrected chi connectivity index (χ1v) is 10.4. The highest BCUT2D eigenvalue weighted by Crippen LogP contribution is 2.21. The Morgan fingerprint density at radius 1 is 1.11 bits per heavy atom. The van der Waals surface area contributed by atoms with E-state index in [-0.39, 0.29) is 6.10 Å². The van der Waals surface area contributed by atoms with Crippen LogP contribution in [0, 0.1) is 0 Å². The summed E-state index contributed by atoms with van der Waals surface area (Å²) in [4.78, 5) is 7.05. The third kappa shape index (κ3) is 4.17. The molecule has 0 atom stereocenters. The van der Waals surface area contributed by atoms with Crippen LogP contribution in [0.25, 0.3) is 5.65 Å². The maximum absolute atomic E-state index is 9.66. The van der Waals surface area contributed by atoms with Crippen molar-refractivity contribution in [3.05, 3.63) is 64.6 Å². The Kier molecular flexibility index (Phi) is 5.85. The number of fused-ring (bicyclic) bond motifs is 1. The summed E-state index contributed by atoms with van der Waals surface area (Å²) in [5.41, 5.74) is 5.71. The van der Waals surface area contributed by atoms with Gasteiger partial charge in [-0.25, -0.2) is 4.98 Å². The summed E-state index contributed by atoms with van der Waals surface area (Å²) in [5.74, 6) is 0. The molecule has 3 heterocycles. The molecule has 0 bridgehead atoms. The lowest BCUT2D eigenvalue weighted by molar-refractivity contribution is 0.145. The first-order valence-electron chi connectivity index (χ1n) is 10.0. The Hall–Kier alpha value is -2.08. The van der Waals surface area contributed by atoms with E-state index in [2.05, 4.69) is 45.8 Å². The molecule has 1 aromatic carbocycles. The van der Waals surface area contributed by atoms with Crippen molar-refractivity contribution in [2.45, 2.75) is 45.4 Å². The lowest BCUT2D eigenvalue weighted by Gasteiger charge is -2.31. The van der Waals surface area contributed by atoms with Crippen LogP contribution in [0.1, 0.15) is 36.7 Å². The quantitative estimate of drug-likeness (QED) is 0.663. The lowest BCUT2D eigenvalue weighted by Crippen LogP contribution is -2.35. The fourth-order valence-corrected chi connectivity index (χ4v) is 4.02. The summed E-state index contributed by atoms with van der Waals surface area (Å²) < 4.78 is 2.09. The van der Waals surface area contributed by atoms with Gasteiger partial charge in [0.05, 0.1) is 22.5 Å². The number of hydrogen-bond donors (Lipinski definition) is 2. The number of hydrogen-bond acceptors (Lipinski definition) is 4. The number of rotatable bonds is 6. The molecular formula is C22H27ClN4O. The number of aliphatic hydroxyl groups excluding tert-OH is 1. The van der Waals surface area contributed by atoms with Gasteiger partial charge in [0.25, 0.3) is 0 Å². The average Bonchev–Trinajstić information content (AvgIpc) is 3.06. The number of benzene rings is 1. The monoisotopic (exact) mass is 398 g/mol. The number of pyridine rings is 1. The normalized spacial score (nSPS) is 15.5. The molecule has 1 fully saturated rings. The van der Waals surface area contributed by atoms with Crippen molar-refractivity contribution in [2.24, 2.45) is 0 Å². The van der Waals surface area contributed by atoms with Crippen molar-refractivity contribution in [3.8, 4) is 0 Å². The molecule has 0 unspecified atom stereocenters. The topological polar surface area (TPSA) is 52.8 Å². The summed E-state index contributed by atoms with van der Waals surface area (Å²) in [6.45, 7) is 5.53. The van der Waals surface area contributed by atoms with Crippen molar-refractivity contribution >= 4 is 22.9 Å². The predicted molar refractivity (Wildman–Crippen MR) is 114 cm³/mol. The fourth-order valence-electron chi connectivity index (χ4n) is 3.86. The number of anilines is 1. The highest BCUT2D eigenvalue weighted by molar-refractivity contribution is 6.30. The summed E-state index contributed by atoms with van der Waals surface area (Å²) in [6.07, 6.45) is 4.40. The van der Waals surface area contributed by atoms with Gasteiger partial charge < -0.3 is 19.7 Å². The van der Waals surface area contributed by atoms with Crippen LogP contribution in [0.15, 0.2) is 42.6 Å². The van der Waals surface area contributed by atoms with Crippen LogP contribution in [0.2, 0.25) is 5.02 Å². The first kappa shape index (κ1) is 19.2. The van der Waals surface area contributed by atoms with E-state index >= 15 is 0 Å². The molecule has 0 amide bonds. The predicted octanol–water partition coefficient (Wildman–Crippen LogP) is 3.80. The molecule has 148 valence electrons. The van der Waals surface area contributed by atoms with E-state index in [1.54, 1.807) is 0 Å². The molecule has 28 heavy (non-hydrogen) atoms. The van der Waals surface area contributed by atoms with E-state index in [1.165, 1.54) is 16.9 Å². The zero-order valence-electron chi connectivity index (χ0n) is 16.2. The Morgan fingerprint density at radius 2 is 1.86 bits per heavy atom. The average molecular weight is 399 g/mol. The maximum Gasteiger partial charge on any atom is 0.137 e. The van der Waals surface area contributed by atoms with Gasteiger partial charge in [0.15, 0.2) is 0 Å². The van der Waals surface area contributed by atoms with Crippen molar-refractivity contribution < 1.29 is 5.11 Å². The summed E-state index contributed by atoms with van der Waals surface area (Å²) in [6, 6.07) is 12.6. The number of piperidine rings is 1. The molecule has 5 nitrogen and oxygen atoms in total. The highest BCUT2D eigenvalue weighted by Gasteiger charge is 2.17. The van der Waals surface area contributed by atoms with Crippen molar-refractivity contribution in [1.82, 2.24) is 14.7 Å². The zero-order valence-corrected chi connectivity index (χ0v) is 17.0. The van der Waals surface area contributed by atoms with Gasteiger partial charge in [0.1, 0.15) is 5.65 Å². The second-order valence-electron chi connectivity index (χ2n) is 7.42. The number of imidazole rings is 1. The third-order valence-electron chi connectivity index (χ3n) is 5.49. The Balaban J connectivity index is 1.39. The Labute approximate surface area is 171 Å². The maximum atomic E-state index is 9.66. The Bertz CT molecular complexity index is 930. The van der Waals surface area contributed by atoms with Crippen LogP contribution in [0.4, 0.5) is 5.69 Å². The molecule has 0 radical (unpaired) electrons. The van der Waals surface area contributed by atoms with Crippen molar-refractivity contribution in [3.63, 3.8) is 0 Å². The molecule has 0 aliphatic carbocycles. The molecule has 2 N–H and O–H groups in total. The fraction of sp³-hybridized carbons (Fsp3) is 0.409. The van der Waals surface area contributed by atoms with Crippen LogP contribution >= 0.6 is 11.6 Å². The zero-order chi connectivity index (χ0) is 19.5. The number of aliphatic hydroxyl groups is 1. The smallest absolute Gasteiger partial charge is 0.137 e. The second kappa shape index (κ2) is 8.52. The standard InChI is InChI=1S/C22H27ClN4O/c1-2-20-21(27-15-17(23)5-8-22(27)25-20)14-24-13-16-3-6-18(7-4-16)26-11-9-19(28)10-12-26/h3-8,15,19,24,28H,2,9-14H2,1H3. The molecule has 0 saturated carbocycles. The number of halogens is 1. The molecule has 0 spiro atoms. The molecule has 1 aliphatic rings. The van der Waals surface area contributed by atoms with Gasteiger partial charge in [0.2, 0.25) is 0 Å². The number of aromatic nitrogens is 2. The minimum Gasteiger partial charge on any atom is -0.393 e. The Morgan fingerprint density at radius 3 is 2.57 bits per heavy atom. The van der Waals surface area contributed by atoms with E-state index in [9.17, 15) is 5.11 Å².